The van der Waals surface area contributed by atoms with E-state index in [1.165, 1.54) is 24.1 Å². The van der Waals surface area contributed by atoms with Gasteiger partial charge in [0.25, 0.3) is 10.0 Å². The van der Waals surface area contributed by atoms with Crippen molar-refractivity contribution in [1.82, 2.24) is 10.2 Å². The highest BCUT2D eigenvalue weighted by molar-refractivity contribution is 7.92. The molecule has 7 nitrogen and oxygen atoms in total. The Balaban J connectivity index is 1.79. The molecule has 0 aromatic heterocycles. The highest BCUT2D eigenvalue weighted by Gasteiger charge is 2.34. The summed E-state index contributed by atoms with van der Waals surface area (Å²) in [7, 11) is -2.66. The van der Waals surface area contributed by atoms with Crippen molar-refractivity contribution in [2.75, 3.05) is 17.9 Å². The van der Waals surface area contributed by atoms with Crippen LogP contribution in [-0.4, -0.2) is 44.8 Å². The Morgan fingerprint density at radius 1 is 0.791 bits per heavy atom. The Kier molecular flexibility index (Phi) is 10.5. The molecule has 0 saturated carbocycles. The van der Waals surface area contributed by atoms with E-state index in [1.807, 2.05) is 44.2 Å². The Hall–Kier alpha value is -3.85. The van der Waals surface area contributed by atoms with Crippen LogP contribution in [0.5, 0.6) is 0 Å². The van der Waals surface area contributed by atoms with Gasteiger partial charge < -0.3 is 10.2 Å². The number of anilines is 1. The number of carbonyl (C=O) groups is 2. The maximum atomic E-state index is 14.3. The Bertz CT molecular complexity index is 1680. The van der Waals surface area contributed by atoms with Gasteiger partial charge in [0.2, 0.25) is 11.8 Å². The smallest absolute Gasteiger partial charge is 0.264 e. The zero-order chi connectivity index (χ0) is 31.1. The van der Waals surface area contributed by atoms with E-state index < -0.39 is 28.5 Å². The van der Waals surface area contributed by atoms with Crippen molar-refractivity contribution >= 4 is 50.7 Å². The van der Waals surface area contributed by atoms with Gasteiger partial charge in [-0.05, 0) is 61.4 Å². The summed E-state index contributed by atoms with van der Waals surface area (Å²) < 4.78 is 29.1. The third-order valence-corrected chi connectivity index (χ3v) is 9.59. The van der Waals surface area contributed by atoms with E-state index in [0.717, 1.165) is 21.0 Å². The lowest BCUT2D eigenvalue weighted by Gasteiger charge is -2.33. The molecule has 0 aliphatic carbocycles. The first-order valence-corrected chi connectivity index (χ1v) is 15.8. The standard InChI is InChI=1S/C33H33Cl2N3O4S/c1-23-9-14-27(15-10-23)38(43(41,42)28-16-11-24(2)12-17-28)22-32(39)37(21-26-13-18-29(34)30(35)19-26)31(33(40)36-3)20-25-7-5-4-6-8-25/h4-19,31H,20-22H2,1-3H3,(H,36,40)/t31-/m0/s1. The van der Waals surface area contributed by atoms with Crippen LogP contribution in [0.25, 0.3) is 0 Å². The molecule has 0 bridgehead atoms. The molecule has 0 aliphatic rings. The summed E-state index contributed by atoms with van der Waals surface area (Å²) in [5.41, 5.74) is 3.64. The Labute approximate surface area is 263 Å². The average molecular weight is 639 g/mol. The van der Waals surface area contributed by atoms with Crippen molar-refractivity contribution in [2.24, 2.45) is 0 Å². The molecular formula is C33H33Cl2N3O4S. The first-order valence-electron chi connectivity index (χ1n) is 13.6. The number of hydrogen-bond donors (Lipinski definition) is 1. The van der Waals surface area contributed by atoms with Crippen LogP contribution in [0.4, 0.5) is 5.69 Å². The predicted molar refractivity (Wildman–Crippen MR) is 172 cm³/mol. The predicted octanol–water partition coefficient (Wildman–Crippen LogP) is 6.19. The van der Waals surface area contributed by atoms with Crippen LogP contribution in [0.2, 0.25) is 10.0 Å². The second kappa shape index (κ2) is 14.1. The SMILES string of the molecule is CNC(=O)[C@H](Cc1ccccc1)N(Cc1ccc(Cl)c(Cl)c1)C(=O)CN(c1ccc(C)cc1)S(=O)(=O)c1ccc(C)cc1. The van der Waals surface area contributed by atoms with E-state index in [0.29, 0.717) is 21.3 Å². The number of nitrogens with zero attached hydrogens (tertiary/aromatic N) is 2. The van der Waals surface area contributed by atoms with Gasteiger partial charge in [0.1, 0.15) is 12.6 Å². The van der Waals surface area contributed by atoms with Gasteiger partial charge in [-0.25, -0.2) is 8.42 Å². The highest BCUT2D eigenvalue weighted by Crippen LogP contribution is 2.27. The summed E-state index contributed by atoms with van der Waals surface area (Å²) in [6, 6.07) is 26.7. The number of sulfonamides is 1. The van der Waals surface area contributed by atoms with Gasteiger partial charge >= 0.3 is 0 Å². The van der Waals surface area contributed by atoms with Crippen LogP contribution in [0.1, 0.15) is 22.3 Å². The van der Waals surface area contributed by atoms with Crippen LogP contribution < -0.4 is 9.62 Å². The molecule has 0 fully saturated rings. The van der Waals surface area contributed by atoms with Gasteiger partial charge in [-0.15, -0.1) is 0 Å². The maximum Gasteiger partial charge on any atom is 0.264 e. The van der Waals surface area contributed by atoms with Gasteiger partial charge in [0, 0.05) is 20.0 Å². The van der Waals surface area contributed by atoms with Crippen molar-refractivity contribution in [3.8, 4) is 0 Å². The van der Waals surface area contributed by atoms with Crippen molar-refractivity contribution in [2.45, 2.75) is 37.8 Å². The topological polar surface area (TPSA) is 86.8 Å². The van der Waals surface area contributed by atoms with Crippen LogP contribution >= 0.6 is 23.2 Å². The Morgan fingerprint density at radius 2 is 1.40 bits per heavy atom. The van der Waals surface area contributed by atoms with Crippen LogP contribution in [0.3, 0.4) is 0 Å². The molecule has 0 spiro atoms. The first-order chi connectivity index (χ1) is 20.5. The van der Waals surface area contributed by atoms with Gasteiger partial charge in [-0.1, -0.05) is 95.0 Å². The molecule has 0 radical (unpaired) electrons. The van der Waals surface area contributed by atoms with Crippen molar-refractivity contribution in [1.29, 1.82) is 0 Å². The number of aryl methyl sites for hydroxylation is 2. The first kappa shape index (κ1) is 32.1. The van der Waals surface area contributed by atoms with Crippen LogP contribution in [0, 0.1) is 13.8 Å². The monoisotopic (exact) mass is 637 g/mol. The van der Waals surface area contributed by atoms with E-state index in [4.69, 9.17) is 23.2 Å². The van der Waals surface area contributed by atoms with Crippen molar-refractivity contribution < 1.29 is 18.0 Å². The molecule has 4 aromatic rings. The van der Waals surface area contributed by atoms with Crippen molar-refractivity contribution in [3.05, 3.63) is 129 Å². The van der Waals surface area contributed by atoms with Crippen LogP contribution in [-0.2, 0) is 32.6 Å². The Morgan fingerprint density at radius 3 is 1.98 bits per heavy atom. The fraction of sp³-hybridized carbons (Fsp3) is 0.212. The number of halogens is 2. The molecule has 43 heavy (non-hydrogen) atoms. The molecule has 10 heteroatoms. The van der Waals surface area contributed by atoms with E-state index in [1.54, 1.807) is 54.6 Å². The molecule has 1 N–H and O–H groups in total. The maximum absolute atomic E-state index is 14.3. The molecule has 224 valence electrons. The summed E-state index contributed by atoms with van der Waals surface area (Å²) in [6.07, 6.45) is 0.211. The summed E-state index contributed by atoms with van der Waals surface area (Å²) in [5, 5.41) is 3.32. The molecule has 0 unspecified atom stereocenters. The number of amides is 2. The second-order valence-electron chi connectivity index (χ2n) is 10.3. The number of hydrogen-bond acceptors (Lipinski definition) is 4. The van der Waals surface area contributed by atoms with Crippen LogP contribution in [0.15, 0.2) is 102 Å². The average Bonchev–Trinajstić information content (AvgIpc) is 3.00. The normalized spacial score (nSPS) is 11.9. The fourth-order valence-corrected chi connectivity index (χ4v) is 6.37. The molecule has 1 atom stereocenters. The summed E-state index contributed by atoms with van der Waals surface area (Å²) in [5.74, 6) is -0.951. The number of carbonyl (C=O) groups excluding carboxylic acids is 2. The third kappa shape index (κ3) is 7.96. The fourth-order valence-electron chi connectivity index (χ4n) is 4.63. The lowest BCUT2D eigenvalue weighted by molar-refractivity contribution is -0.139. The lowest BCUT2D eigenvalue weighted by Crippen LogP contribution is -2.53. The second-order valence-corrected chi connectivity index (χ2v) is 12.9. The number of rotatable bonds is 11. The molecule has 4 aromatic carbocycles. The molecule has 2 amide bonds. The largest absolute Gasteiger partial charge is 0.357 e. The molecule has 0 saturated heterocycles. The van der Waals surface area contributed by atoms with Gasteiger partial charge in [-0.3, -0.25) is 13.9 Å². The molecule has 0 aliphatic heterocycles. The molecular weight excluding hydrogens is 605 g/mol. The zero-order valence-electron chi connectivity index (χ0n) is 24.1. The molecule has 0 heterocycles. The highest BCUT2D eigenvalue weighted by atomic mass is 35.5. The molecule has 4 rings (SSSR count). The minimum Gasteiger partial charge on any atom is -0.357 e. The van der Waals surface area contributed by atoms with Gasteiger partial charge in [0.15, 0.2) is 0 Å². The van der Waals surface area contributed by atoms with Gasteiger partial charge in [-0.2, -0.15) is 0 Å². The summed E-state index contributed by atoms with van der Waals surface area (Å²) >= 11 is 12.4. The van der Waals surface area contributed by atoms with Gasteiger partial charge in [0.05, 0.1) is 20.6 Å². The lowest BCUT2D eigenvalue weighted by atomic mass is 10.0. The van der Waals surface area contributed by atoms with Crippen molar-refractivity contribution in [3.63, 3.8) is 0 Å². The summed E-state index contributed by atoms with van der Waals surface area (Å²) in [6.45, 7) is 3.21. The number of benzene rings is 4. The zero-order valence-corrected chi connectivity index (χ0v) is 26.5. The quantitative estimate of drug-likeness (QED) is 0.212. The minimum absolute atomic E-state index is 0.00698. The van der Waals surface area contributed by atoms with E-state index >= 15 is 0 Å². The van der Waals surface area contributed by atoms with E-state index in [-0.39, 0.29) is 23.8 Å². The van der Waals surface area contributed by atoms with E-state index in [9.17, 15) is 18.0 Å². The number of likely N-dealkylation sites (N-methyl/N-ethyl adjacent to an activating group) is 1. The third-order valence-electron chi connectivity index (χ3n) is 7.06. The number of nitrogens with one attached hydrogen (secondary N) is 1. The van der Waals surface area contributed by atoms with E-state index in [2.05, 4.69) is 5.32 Å². The summed E-state index contributed by atoms with van der Waals surface area (Å²) in [4.78, 5) is 29.1. The minimum atomic E-state index is -4.16.